The summed E-state index contributed by atoms with van der Waals surface area (Å²) in [7, 11) is 0. The Hall–Kier alpha value is -1.60. The fourth-order valence-corrected chi connectivity index (χ4v) is 0.574. The molecule has 13 heavy (non-hydrogen) atoms. The molecule has 1 aromatic heterocycles. The van der Waals surface area contributed by atoms with E-state index in [0.29, 0.717) is 0 Å². The van der Waals surface area contributed by atoms with Gasteiger partial charge in [-0.25, -0.2) is 21.1 Å². The normalized spacial score (nSPS) is 8.54. The van der Waals surface area contributed by atoms with Crippen LogP contribution in [0.15, 0.2) is 10.7 Å². The highest BCUT2D eigenvalue weighted by molar-refractivity contribution is 5.90. The van der Waals surface area contributed by atoms with Crippen molar-refractivity contribution < 1.29 is 30.3 Å². The maximum absolute atomic E-state index is 10.8. The number of carbonyl (C=O) groups is 1. The standard InChI is InChI=1S/C6H7NO4.H4NO/c1-2-10-5(8)4-3-7-11-6(4)9;1-2/h3,9H,2H2,1H3;2H,1H3/q;+1/p-1. The van der Waals surface area contributed by atoms with E-state index >= 15 is 0 Å². The van der Waals surface area contributed by atoms with Gasteiger partial charge in [0.15, 0.2) is 0 Å². The van der Waals surface area contributed by atoms with Crippen molar-refractivity contribution in [1.82, 2.24) is 5.16 Å². The third kappa shape index (κ3) is 3.09. The van der Waals surface area contributed by atoms with Crippen molar-refractivity contribution in [2.24, 2.45) is 0 Å². The van der Waals surface area contributed by atoms with E-state index in [2.05, 4.69) is 20.3 Å². The average Bonchev–Trinajstić information content (AvgIpc) is 2.55. The molecule has 1 aromatic rings. The third-order valence-corrected chi connectivity index (χ3v) is 1.03. The first kappa shape index (κ1) is 11.4. The fourth-order valence-electron chi connectivity index (χ4n) is 0.574. The van der Waals surface area contributed by atoms with Crippen molar-refractivity contribution in [3.63, 3.8) is 0 Å². The van der Waals surface area contributed by atoms with Crippen molar-refractivity contribution in [3.8, 4) is 5.95 Å². The molecule has 1 heterocycles. The summed E-state index contributed by atoms with van der Waals surface area (Å²) in [4.78, 5) is 10.8. The second-order valence-electron chi connectivity index (χ2n) is 1.75. The minimum Gasteiger partial charge on any atom is -0.543 e. The van der Waals surface area contributed by atoms with Gasteiger partial charge in [0.2, 0.25) is 0 Å². The van der Waals surface area contributed by atoms with E-state index in [4.69, 9.17) is 5.21 Å². The van der Waals surface area contributed by atoms with Gasteiger partial charge in [0.1, 0.15) is 5.56 Å². The molecule has 7 heteroatoms. The summed E-state index contributed by atoms with van der Waals surface area (Å²) < 4.78 is 8.65. The molecule has 0 atom stereocenters. The summed E-state index contributed by atoms with van der Waals surface area (Å²) in [6, 6.07) is 0. The first-order chi connectivity index (χ1) is 6.25. The van der Waals surface area contributed by atoms with Gasteiger partial charge in [0, 0.05) is 0 Å². The lowest BCUT2D eigenvalue weighted by Crippen LogP contribution is -2.42. The smallest absolute Gasteiger partial charge is 0.341 e. The van der Waals surface area contributed by atoms with Gasteiger partial charge in [-0.15, -0.1) is 0 Å². The van der Waals surface area contributed by atoms with Gasteiger partial charge in [0.25, 0.3) is 0 Å². The molecule has 7 nitrogen and oxygen atoms in total. The van der Waals surface area contributed by atoms with Crippen molar-refractivity contribution in [3.05, 3.63) is 11.8 Å². The van der Waals surface area contributed by atoms with Crippen molar-refractivity contribution in [2.45, 2.75) is 6.92 Å². The monoisotopic (exact) mass is 190 g/mol. The van der Waals surface area contributed by atoms with Crippen LogP contribution in [0.2, 0.25) is 0 Å². The van der Waals surface area contributed by atoms with Gasteiger partial charge < -0.3 is 14.4 Å². The van der Waals surface area contributed by atoms with E-state index in [-0.39, 0.29) is 12.2 Å². The highest BCUT2D eigenvalue weighted by Gasteiger charge is 2.08. The molecule has 0 saturated heterocycles. The van der Waals surface area contributed by atoms with E-state index in [0.717, 1.165) is 6.20 Å². The van der Waals surface area contributed by atoms with Crippen LogP contribution < -0.4 is 11.0 Å². The van der Waals surface area contributed by atoms with Gasteiger partial charge in [0.05, 0.1) is 18.8 Å². The summed E-state index contributed by atoms with van der Waals surface area (Å²) in [5, 5.41) is 20.5. The highest BCUT2D eigenvalue weighted by Crippen LogP contribution is 2.12. The Morgan fingerprint density at radius 1 is 1.85 bits per heavy atom. The third-order valence-electron chi connectivity index (χ3n) is 1.03. The number of quaternary nitrogens is 1. The number of esters is 1. The number of hydrogen-bond acceptors (Lipinski definition) is 6. The Bertz CT molecular complexity index is 259. The summed E-state index contributed by atoms with van der Waals surface area (Å²) in [5.41, 5.74) is -0.160. The first-order valence-corrected chi connectivity index (χ1v) is 3.36. The largest absolute Gasteiger partial charge is 0.543 e. The number of nitrogens with zero attached hydrogens (tertiary/aromatic N) is 1. The van der Waals surface area contributed by atoms with Crippen LogP contribution in [-0.2, 0) is 4.74 Å². The topological polar surface area (TPSA) is 123 Å². The van der Waals surface area contributed by atoms with Crippen LogP contribution in [0.1, 0.15) is 17.3 Å². The van der Waals surface area contributed by atoms with E-state index in [9.17, 15) is 9.90 Å². The van der Waals surface area contributed by atoms with E-state index in [1.165, 1.54) is 0 Å². The Morgan fingerprint density at radius 3 is 2.85 bits per heavy atom. The van der Waals surface area contributed by atoms with Crippen LogP contribution in [0.3, 0.4) is 0 Å². The summed E-state index contributed by atoms with van der Waals surface area (Å²) in [6.07, 6.45) is 1.04. The molecule has 0 aromatic carbocycles. The zero-order valence-electron chi connectivity index (χ0n) is 7.02. The predicted octanol–water partition coefficient (Wildman–Crippen LogP) is -1.46. The van der Waals surface area contributed by atoms with Gasteiger partial charge in [-0.1, -0.05) is 0 Å². The average molecular weight is 190 g/mol. The molecule has 0 bridgehead atoms. The number of aromatic nitrogens is 1. The van der Waals surface area contributed by atoms with E-state index < -0.39 is 11.9 Å². The lowest BCUT2D eigenvalue weighted by molar-refractivity contribution is -0.670. The Morgan fingerprint density at radius 2 is 2.46 bits per heavy atom. The summed E-state index contributed by atoms with van der Waals surface area (Å²) in [5.74, 6) is 0.794. The molecule has 0 spiro atoms. The molecule has 1 rings (SSSR count). The molecule has 0 amide bonds. The Labute approximate surface area is 73.7 Å². The van der Waals surface area contributed by atoms with Gasteiger partial charge in [-0.05, 0) is 6.92 Å². The zero-order chi connectivity index (χ0) is 10.3. The number of carbonyl (C=O) groups excluding carboxylic acids is 1. The molecule has 0 fully saturated rings. The second-order valence-corrected chi connectivity index (χ2v) is 1.75. The van der Waals surface area contributed by atoms with E-state index in [1.807, 2.05) is 0 Å². The van der Waals surface area contributed by atoms with Crippen molar-refractivity contribution in [2.75, 3.05) is 6.61 Å². The lowest BCUT2D eigenvalue weighted by Gasteiger charge is -1.99. The molecule has 0 saturated carbocycles. The molecular formula is C6H10N2O5. The second kappa shape index (κ2) is 5.98. The number of ether oxygens (including phenoxy) is 1. The van der Waals surface area contributed by atoms with Crippen LogP contribution in [0.5, 0.6) is 5.95 Å². The predicted molar refractivity (Wildman–Crippen MR) is 36.6 cm³/mol. The van der Waals surface area contributed by atoms with Crippen LogP contribution in [-0.4, -0.2) is 22.9 Å². The molecular weight excluding hydrogens is 180 g/mol. The maximum atomic E-state index is 10.8. The number of rotatable bonds is 2. The molecule has 0 aliphatic rings. The Kier molecular flexibility index (Phi) is 5.24. The summed E-state index contributed by atoms with van der Waals surface area (Å²) in [6.45, 7) is 1.87. The Balaban J connectivity index is 0.000000671. The first-order valence-electron chi connectivity index (χ1n) is 3.36. The quantitative estimate of drug-likeness (QED) is 0.434. The molecule has 0 aliphatic carbocycles. The van der Waals surface area contributed by atoms with Crippen molar-refractivity contribution in [1.29, 1.82) is 0 Å². The van der Waals surface area contributed by atoms with E-state index in [1.54, 1.807) is 6.92 Å². The van der Waals surface area contributed by atoms with Gasteiger partial charge >= 0.3 is 5.97 Å². The minimum absolute atomic E-state index is 0.160. The molecule has 0 unspecified atom stereocenters. The molecule has 74 valence electrons. The highest BCUT2D eigenvalue weighted by atomic mass is 16.6. The van der Waals surface area contributed by atoms with Crippen molar-refractivity contribution >= 4 is 5.97 Å². The fraction of sp³-hybridized carbons (Fsp3) is 0.333. The van der Waals surface area contributed by atoms with Crippen LogP contribution in [0.25, 0.3) is 0 Å². The number of hydrogen-bond donors (Lipinski definition) is 2. The van der Waals surface area contributed by atoms with Crippen LogP contribution in [0.4, 0.5) is 0 Å². The SMILES string of the molecule is CCOC(=O)c1cnoc1[O-].[NH3+]O. The van der Waals surface area contributed by atoms with Crippen LogP contribution in [0, 0.1) is 0 Å². The van der Waals surface area contributed by atoms with Crippen LogP contribution >= 0.6 is 0 Å². The maximum Gasteiger partial charge on any atom is 0.341 e. The molecule has 0 radical (unpaired) electrons. The lowest BCUT2D eigenvalue weighted by atomic mass is 10.4. The minimum atomic E-state index is -0.761. The molecule has 0 aliphatic heterocycles. The van der Waals surface area contributed by atoms with Gasteiger partial charge in [-0.2, -0.15) is 0 Å². The van der Waals surface area contributed by atoms with Gasteiger partial charge in [-0.3, -0.25) is 0 Å². The zero-order valence-corrected chi connectivity index (χ0v) is 7.02. The molecule has 4 N–H and O–H groups in total. The summed E-state index contributed by atoms with van der Waals surface area (Å²) >= 11 is 0.